The summed E-state index contributed by atoms with van der Waals surface area (Å²) in [5, 5.41) is 21.4. The molecule has 1 aromatic carbocycles. The van der Waals surface area contributed by atoms with Crippen LogP contribution < -0.4 is 4.90 Å². The van der Waals surface area contributed by atoms with Gasteiger partial charge >= 0.3 is 17.6 Å². The summed E-state index contributed by atoms with van der Waals surface area (Å²) in [4.78, 5) is 35.7. The molecule has 1 heterocycles. The molecule has 0 radical (unpaired) electrons. The van der Waals surface area contributed by atoms with Crippen LogP contribution in [0.2, 0.25) is 5.02 Å². The second-order valence-corrected chi connectivity index (χ2v) is 5.30. The topological polar surface area (TPSA) is 119 Å². The third kappa shape index (κ3) is 3.52. The molecule has 0 aliphatic carbocycles. The number of nitro benzene ring substituents is 1. The molecule has 0 amide bonds. The minimum Gasteiger partial charge on any atom is -0.501 e. The van der Waals surface area contributed by atoms with Crippen LogP contribution in [0, 0.1) is 10.1 Å². The third-order valence-electron chi connectivity index (χ3n) is 3.38. The van der Waals surface area contributed by atoms with Crippen LogP contribution in [0.5, 0.6) is 5.75 Å². The van der Waals surface area contributed by atoms with Crippen molar-refractivity contribution >= 4 is 34.9 Å². The average molecular weight is 381 g/mol. The molecule has 0 atom stereocenters. The van der Waals surface area contributed by atoms with Crippen molar-refractivity contribution in [3.63, 3.8) is 0 Å². The molecule has 10 heteroatoms. The number of benzene rings is 1. The van der Waals surface area contributed by atoms with Gasteiger partial charge in [-0.25, -0.2) is 9.59 Å². The van der Waals surface area contributed by atoms with Crippen LogP contribution in [-0.4, -0.2) is 36.2 Å². The van der Waals surface area contributed by atoms with Crippen LogP contribution in [0.25, 0.3) is 0 Å². The number of carbonyl (C=O) groups is 2. The van der Waals surface area contributed by atoms with Crippen LogP contribution in [0.1, 0.15) is 0 Å². The number of hydrogen-bond donors (Lipinski definition) is 1. The fourth-order valence-corrected chi connectivity index (χ4v) is 2.45. The molecule has 0 saturated heterocycles. The lowest BCUT2D eigenvalue weighted by Crippen LogP contribution is -2.27. The Hall–Kier alpha value is -3.33. The number of aromatic hydroxyl groups is 1. The lowest BCUT2D eigenvalue weighted by Gasteiger charge is -2.23. The predicted molar refractivity (Wildman–Crippen MR) is 91.6 cm³/mol. The van der Waals surface area contributed by atoms with Gasteiger partial charge in [-0.3, -0.25) is 10.1 Å². The molecular weight excluding hydrogens is 368 g/mol. The highest BCUT2D eigenvalue weighted by Gasteiger charge is 2.31. The molecule has 1 N–H and O–H groups in total. The number of halogens is 1. The van der Waals surface area contributed by atoms with E-state index in [0.717, 1.165) is 25.2 Å². The summed E-state index contributed by atoms with van der Waals surface area (Å²) in [5.41, 5.74) is -1.34. The number of hydrogen-bond acceptors (Lipinski definition) is 8. The Morgan fingerprint density at radius 3 is 2.42 bits per heavy atom. The first kappa shape index (κ1) is 19.0. The number of anilines is 1. The van der Waals surface area contributed by atoms with Crippen LogP contribution in [0.4, 0.5) is 11.4 Å². The summed E-state index contributed by atoms with van der Waals surface area (Å²) in [7, 11) is 2.23. The van der Waals surface area contributed by atoms with Crippen molar-refractivity contribution in [2.45, 2.75) is 0 Å². The Kier molecular flexibility index (Phi) is 5.63. The first-order valence-electron chi connectivity index (χ1n) is 7.03. The molecule has 0 bridgehead atoms. The third-order valence-corrected chi connectivity index (χ3v) is 3.60. The maximum absolute atomic E-state index is 12.3. The Bertz CT molecular complexity index is 874. The maximum Gasteiger partial charge on any atom is 0.355 e. The summed E-state index contributed by atoms with van der Waals surface area (Å²) in [6.07, 6.45) is 5.52. The van der Waals surface area contributed by atoms with Gasteiger partial charge in [0.1, 0.15) is 5.70 Å². The number of phenolic OH excluding ortho intramolecular Hbond substituents is 1. The molecule has 1 aliphatic heterocycles. The SMILES string of the molecule is COC(=O)C1=C(C(=O)OC)N(c2cc(Cl)cc([N+](=O)[O-])c2O)C=CC=C1. The van der Waals surface area contributed by atoms with Crippen molar-refractivity contribution < 1.29 is 29.1 Å². The number of carbonyl (C=O) groups excluding carboxylic acids is 2. The number of nitrogens with zero attached hydrogens (tertiary/aromatic N) is 2. The fourth-order valence-electron chi connectivity index (χ4n) is 2.24. The number of methoxy groups -OCH3 is 2. The van der Waals surface area contributed by atoms with E-state index in [-0.39, 0.29) is 22.0 Å². The van der Waals surface area contributed by atoms with E-state index in [0.29, 0.717) is 0 Å². The van der Waals surface area contributed by atoms with Crippen molar-refractivity contribution in [2.24, 2.45) is 0 Å². The van der Waals surface area contributed by atoms with Gasteiger partial charge in [-0.1, -0.05) is 17.7 Å². The zero-order chi connectivity index (χ0) is 19.4. The first-order chi connectivity index (χ1) is 12.3. The number of esters is 2. The van der Waals surface area contributed by atoms with E-state index >= 15 is 0 Å². The van der Waals surface area contributed by atoms with E-state index < -0.39 is 28.3 Å². The van der Waals surface area contributed by atoms with E-state index in [1.54, 1.807) is 0 Å². The normalized spacial score (nSPS) is 13.4. The molecule has 9 nitrogen and oxygen atoms in total. The van der Waals surface area contributed by atoms with Crippen LogP contribution in [0.15, 0.2) is 47.8 Å². The molecule has 1 aliphatic rings. The summed E-state index contributed by atoms with van der Waals surface area (Å²) >= 11 is 5.91. The van der Waals surface area contributed by atoms with Gasteiger partial charge in [-0.15, -0.1) is 0 Å². The van der Waals surface area contributed by atoms with Crippen molar-refractivity contribution in [3.05, 3.63) is 63.0 Å². The molecular formula is C16H13ClN2O7. The monoisotopic (exact) mass is 380 g/mol. The standard InChI is InChI=1S/C16H13ClN2O7/c1-25-15(21)10-5-3-4-6-18(13(10)16(22)26-2)11-7-9(17)8-12(14(11)20)19(23)24/h3-8,20H,1-2H3. The van der Waals surface area contributed by atoms with Gasteiger partial charge in [-0.05, 0) is 18.2 Å². The molecule has 1 aromatic rings. The van der Waals surface area contributed by atoms with E-state index in [2.05, 4.69) is 4.74 Å². The Balaban J connectivity index is 2.80. The second kappa shape index (κ2) is 7.70. The highest BCUT2D eigenvalue weighted by Crippen LogP contribution is 2.41. The summed E-state index contributed by atoms with van der Waals surface area (Å²) < 4.78 is 9.37. The molecule has 136 valence electrons. The van der Waals surface area contributed by atoms with Gasteiger partial charge in [-0.2, -0.15) is 0 Å². The largest absolute Gasteiger partial charge is 0.501 e. The molecule has 0 saturated carbocycles. The minimum atomic E-state index is -0.927. The summed E-state index contributed by atoms with van der Waals surface area (Å²) in [6.45, 7) is 0. The van der Waals surface area contributed by atoms with Gasteiger partial charge < -0.3 is 19.5 Å². The Labute approximate surface area is 152 Å². The van der Waals surface area contributed by atoms with Gasteiger partial charge in [0.25, 0.3) is 0 Å². The number of rotatable bonds is 4. The molecule has 0 aromatic heterocycles. The predicted octanol–water partition coefficient (Wildman–Crippen LogP) is 2.44. The highest BCUT2D eigenvalue weighted by atomic mass is 35.5. The van der Waals surface area contributed by atoms with Crippen molar-refractivity contribution in [3.8, 4) is 5.75 Å². The van der Waals surface area contributed by atoms with Gasteiger partial charge in [0, 0.05) is 17.3 Å². The van der Waals surface area contributed by atoms with Crippen molar-refractivity contribution in [1.82, 2.24) is 0 Å². The van der Waals surface area contributed by atoms with Gasteiger partial charge in [0.05, 0.1) is 30.4 Å². The smallest absolute Gasteiger partial charge is 0.355 e. The highest BCUT2D eigenvalue weighted by molar-refractivity contribution is 6.31. The van der Waals surface area contributed by atoms with E-state index in [9.17, 15) is 24.8 Å². The second-order valence-electron chi connectivity index (χ2n) is 4.87. The fraction of sp³-hybridized carbons (Fsp3) is 0.125. The number of nitro groups is 1. The van der Waals surface area contributed by atoms with Crippen LogP contribution in [-0.2, 0) is 19.1 Å². The summed E-state index contributed by atoms with van der Waals surface area (Å²) in [5.74, 6) is -2.51. The number of ether oxygens (including phenoxy) is 2. The quantitative estimate of drug-likeness (QED) is 0.480. The molecule has 0 fully saturated rings. The summed E-state index contributed by atoms with van der Waals surface area (Å²) in [6, 6.07) is 2.17. The van der Waals surface area contributed by atoms with Gasteiger partial charge in [0.15, 0.2) is 0 Å². The van der Waals surface area contributed by atoms with E-state index in [1.165, 1.54) is 30.5 Å². The van der Waals surface area contributed by atoms with Crippen LogP contribution in [0.3, 0.4) is 0 Å². The zero-order valence-corrected chi connectivity index (χ0v) is 14.4. The first-order valence-corrected chi connectivity index (χ1v) is 7.41. The lowest BCUT2D eigenvalue weighted by molar-refractivity contribution is -0.385. The maximum atomic E-state index is 12.3. The molecule has 2 rings (SSSR count). The molecule has 0 spiro atoms. The minimum absolute atomic E-state index is 0.0565. The van der Waals surface area contributed by atoms with Crippen molar-refractivity contribution in [2.75, 3.05) is 19.1 Å². The van der Waals surface area contributed by atoms with Crippen molar-refractivity contribution in [1.29, 1.82) is 0 Å². The van der Waals surface area contributed by atoms with E-state index in [1.807, 2.05) is 0 Å². The van der Waals surface area contributed by atoms with Crippen LogP contribution >= 0.6 is 11.6 Å². The van der Waals surface area contributed by atoms with Gasteiger partial charge in [0.2, 0.25) is 5.75 Å². The van der Waals surface area contributed by atoms with E-state index in [4.69, 9.17) is 16.3 Å². The average Bonchev–Trinajstić information content (AvgIpc) is 2.84. The molecule has 0 unspecified atom stereocenters. The Morgan fingerprint density at radius 2 is 1.85 bits per heavy atom. The zero-order valence-electron chi connectivity index (χ0n) is 13.6. The Morgan fingerprint density at radius 1 is 1.19 bits per heavy atom. The molecule has 26 heavy (non-hydrogen) atoms. The lowest BCUT2D eigenvalue weighted by atomic mass is 10.1. The number of phenols is 1. The number of allylic oxidation sites excluding steroid dienone is 2.